The fraction of sp³-hybridized carbons (Fsp3) is 0.571. The molecule has 1 saturated carbocycles. The van der Waals surface area contributed by atoms with Gasteiger partial charge in [0.1, 0.15) is 0 Å². The molecule has 0 spiro atoms. The Bertz CT molecular complexity index is 913. The van der Waals surface area contributed by atoms with E-state index in [2.05, 4.69) is 16.4 Å². The maximum absolute atomic E-state index is 13.1. The second kappa shape index (κ2) is 7.26. The molecule has 1 unspecified atom stereocenters. The van der Waals surface area contributed by atoms with Gasteiger partial charge in [-0.15, -0.1) is 22.7 Å². The number of nitrogens with zero attached hydrogens (tertiary/aromatic N) is 3. The van der Waals surface area contributed by atoms with Gasteiger partial charge < -0.3 is 9.80 Å². The molecule has 1 saturated heterocycles. The molecule has 148 valence electrons. The number of amides is 2. The predicted octanol–water partition coefficient (Wildman–Crippen LogP) is 3.86. The molecule has 5 rings (SSSR count). The number of likely N-dealkylation sites (tertiary alicyclic amines) is 1. The maximum atomic E-state index is 13.1. The second-order valence-corrected chi connectivity index (χ2v) is 10.4. The van der Waals surface area contributed by atoms with Gasteiger partial charge in [0.25, 0.3) is 0 Å². The summed E-state index contributed by atoms with van der Waals surface area (Å²) in [5.74, 6) is 0.186. The summed E-state index contributed by atoms with van der Waals surface area (Å²) in [5, 5.41) is 3.19. The Balaban J connectivity index is 1.27. The van der Waals surface area contributed by atoms with Crippen LogP contribution in [0, 0.1) is 12.8 Å². The van der Waals surface area contributed by atoms with Gasteiger partial charge >= 0.3 is 0 Å². The van der Waals surface area contributed by atoms with Crippen LogP contribution in [0.3, 0.4) is 0 Å². The highest BCUT2D eigenvalue weighted by molar-refractivity contribution is 7.16. The smallest absolute Gasteiger partial charge is 0.228 e. The monoisotopic (exact) mass is 415 g/mol. The predicted molar refractivity (Wildman–Crippen MR) is 111 cm³/mol. The lowest BCUT2D eigenvalue weighted by Crippen LogP contribution is -2.41. The van der Waals surface area contributed by atoms with Crippen LogP contribution in [-0.2, 0) is 22.6 Å². The second-order valence-electron chi connectivity index (χ2n) is 8.21. The number of aryl methyl sites for hydroxylation is 1. The number of thiophene rings is 1. The van der Waals surface area contributed by atoms with Crippen molar-refractivity contribution in [3.63, 3.8) is 0 Å². The van der Waals surface area contributed by atoms with Crippen LogP contribution in [0.1, 0.15) is 47.6 Å². The zero-order valence-corrected chi connectivity index (χ0v) is 17.8. The topological polar surface area (TPSA) is 53.5 Å². The van der Waals surface area contributed by atoms with Gasteiger partial charge in [-0.25, -0.2) is 4.98 Å². The van der Waals surface area contributed by atoms with E-state index in [-0.39, 0.29) is 17.7 Å². The van der Waals surface area contributed by atoms with E-state index in [4.69, 9.17) is 0 Å². The first kappa shape index (κ1) is 18.3. The van der Waals surface area contributed by atoms with Crippen molar-refractivity contribution >= 4 is 34.5 Å². The molecular formula is C21H25N3O2S2. The number of carbonyl (C=O) groups excluding carboxylic acids is 2. The molecule has 1 atom stereocenters. The van der Waals surface area contributed by atoms with Crippen molar-refractivity contribution in [1.29, 1.82) is 0 Å². The minimum atomic E-state index is -0.158. The molecule has 0 radical (unpaired) electrons. The molecule has 2 fully saturated rings. The summed E-state index contributed by atoms with van der Waals surface area (Å²) >= 11 is 3.48. The Hall–Kier alpha value is -1.73. The number of carbonyl (C=O) groups is 2. The molecule has 3 aliphatic rings. The molecule has 0 bridgehead atoms. The molecule has 5 nitrogen and oxygen atoms in total. The molecule has 2 aliphatic heterocycles. The van der Waals surface area contributed by atoms with E-state index in [1.54, 1.807) is 11.3 Å². The Morgan fingerprint density at radius 3 is 2.86 bits per heavy atom. The molecule has 4 heterocycles. The van der Waals surface area contributed by atoms with E-state index >= 15 is 0 Å². The third kappa shape index (κ3) is 3.28. The Morgan fingerprint density at radius 1 is 1.29 bits per heavy atom. The molecule has 7 heteroatoms. The fourth-order valence-corrected chi connectivity index (χ4v) is 6.66. The Kier molecular flexibility index (Phi) is 4.75. The van der Waals surface area contributed by atoms with Crippen LogP contribution in [0.5, 0.6) is 0 Å². The first-order valence-corrected chi connectivity index (χ1v) is 11.9. The van der Waals surface area contributed by atoms with E-state index in [1.807, 2.05) is 28.1 Å². The quantitative estimate of drug-likeness (QED) is 0.765. The van der Waals surface area contributed by atoms with Crippen molar-refractivity contribution in [2.75, 3.05) is 13.1 Å². The molecule has 2 amide bonds. The molecule has 28 heavy (non-hydrogen) atoms. The van der Waals surface area contributed by atoms with Gasteiger partial charge in [-0.05, 0) is 37.8 Å². The van der Waals surface area contributed by atoms with Crippen LogP contribution in [0.15, 0.2) is 11.4 Å². The zero-order chi connectivity index (χ0) is 19.3. The summed E-state index contributed by atoms with van der Waals surface area (Å²) in [6.45, 7) is 4.08. The standard InChI is InChI=1S/C21H25N3O2S2/c1-13-22-17(12-27-13)19-8-14-10-23(7-6-18(14)28-19)21(26)15-9-20(25)24(11-15)16-4-2-3-5-16/h8,12,15-16H,2-7,9-11H2,1H3. The van der Waals surface area contributed by atoms with Crippen molar-refractivity contribution < 1.29 is 9.59 Å². The number of hydrogen-bond donors (Lipinski definition) is 0. The van der Waals surface area contributed by atoms with E-state index in [9.17, 15) is 9.59 Å². The normalized spacial score (nSPS) is 22.9. The summed E-state index contributed by atoms with van der Waals surface area (Å²) in [5.41, 5.74) is 2.30. The average molecular weight is 416 g/mol. The summed E-state index contributed by atoms with van der Waals surface area (Å²) in [6, 6.07) is 2.58. The number of hydrogen-bond acceptors (Lipinski definition) is 5. The lowest BCUT2D eigenvalue weighted by Gasteiger charge is -2.29. The van der Waals surface area contributed by atoms with E-state index in [0.29, 0.717) is 25.6 Å². The van der Waals surface area contributed by atoms with Crippen LogP contribution in [0.25, 0.3) is 10.6 Å². The van der Waals surface area contributed by atoms with Gasteiger partial charge in [0.15, 0.2) is 0 Å². The first-order valence-electron chi connectivity index (χ1n) is 10.2. The maximum Gasteiger partial charge on any atom is 0.228 e. The van der Waals surface area contributed by atoms with Crippen LogP contribution in [-0.4, -0.2) is 45.7 Å². The summed E-state index contributed by atoms with van der Waals surface area (Å²) < 4.78 is 0. The van der Waals surface area contributed by atoms with Crippen molar-refractivity contribution in [2.24, 2.45) is 5.92 Å². The van der Waals surface area contributed by atoms with Crippen molar-refractivity contribution in [1.82, 2.24) is 14.8 Å². The van der Waals surface area contributed by atoms with Gasteiger partial charge in [-0.3, -0.25) is 9.59 Å². The van der Waals surface area contributed by atoms with Crippen LogP contribution < -0.4 is 0 Å². The Labute approximate surface area is 173 Å². The minimum Gasteiger partial charge on any atom is -0.339 e. The van der Waals surface area contributed by atoms with Gasteiger partial charge in [-0.2, -0.15) is 0 Å². The fourth-order valence-electron chi connectivity index (χ4n) is 4.85. The van der Waals surface area contributed by atoms with Crippen molar-refractivity contribution in [2.45, 2.75) is 58.0 Å². The largest absolute Gasteiger partial charge is 0.339 e. The number of rotatable bonds is 3. The molecular weight excluding hydrogens is 390 g/mol. The van der Waals surface area contributed by atoms with Gasteiger partial charge in [-0.1, -0.05) is 12.8 Å². The summed E-state index contributed by atoms with van der Waals surface area (Å²) in [7, 11) is 0. The number of aromatic nitrogens is 1. The third-order valence-corrected chi connectivity index (χ3v) is 8.36. The molecule has 1 aliphatic carbocycles. The lowest BCUT2D eigenvalue weighted by molar-refractivity contribution is -0.136. The van der Waals surface area contributed by atoms with Crippen LogP contribution in [0.2, 0.25) is 0 Å². The van der Waals surface area contributed by atoms with Crippen LogP contribution >= 0.6 is 22.7 Å². The molecule has 2 aromatic rings. The highest BCUT2D eigenvalue weighted by atomic mass is 32.1. The molecule has 0 aromatic carbocycles. The van der Waals surface area contributed by atoms with Crippen molar-refractivity contribution in [3.8, 4) is 10.6 Å². The lowest BCUT2D eigenvalue weighted by atomic mass is 10.0. The summed E-state index contributed by atoms with van der Waals surface area (Å²) in [6.07, 6.45) is 5.93. The highest BCUT2D eigenvalue weighted by Gasteiger charge is 2.40. The number of fused-ring (bicyclic) bond motifs is 1. The Morgan fingerprint density at radius 2 is 2.11 bits per heavy atom. The molecule has 0 N–H and O–H groups in total. The SMILES string of the molecule is Cc1nc(-c2cc3c(s2)CCN(C(=O)C2CC(=O)N(C4CCCC4)C2)C3)cs1. The summed E-state index contributed by atoms with van der Waals surface area (Å²) in [4.78, 5) is 36.8. The first-order chi connectivity index (χ1) is 13.6. The van der Waals surface area contributed by atoms with Gasteiger partial charge in [0.05, 0.1) is 21.5 Å². The van der Waals surface area contributed by atoms with E-state index in [1.165, 1.54) is 28.2 Å². The average Bonchev–Trinajstić information content (AvgIpc) is 3.46. The minimum absolute atomic E-state index is 0.158. The number of thiazole rings is 1. The van der Waals surface area contributed by atoms with Gasteiger partial charge in [0.2, 0.25) is 11.8 Å². The van der Waals surface area contributed by atoms with E-state index < -0.39 is 0 Å². The van der Waals surface area contributed by atoms with Crippen molar-refractivity contribution in [3.05, 3.63) is 26.9 Å². The zero-order valence-electron chi connectivity index (χ0n) is 16.1. The third-order valence-electron chi connectivity index (χ3n) is 6.32. The van der Waals surface area contributed by atoms with E-state index in [0.717, 1.165) is 36.5 Å². The van der Waals surface area contributed by atoms with Gasteiger partial charge in [0, 0.05) is 42.4 Å². The highest BCUT2D eigenvalue weighted by Crippen LogP contribution is 2.36. The molecule has 2 aromatic heterocycles. The van der Waals surface area contributed by atoms with Crippen LogP contribution in [0.4, 0.5) is 0 Å².